The smallest absolute Gasteiger partial charge is 0.170 e. The van der Waals surface area contributed by atoms with E-state index in [0.717, 1.165) is 4.47 Å². The molecule has 0 saturated heterocycles. The second kappa shape index (κ2) is 3.16. The van der Waals surface area contributed by atoms with Crippen molar-refractivity contribution in [2.45, 2.75) is 6.17 Å². The van der Waals surface area contributed by atoms with E-state index in [4.69, 9.17) is 10.2 Å². The molecule has 1 atom stereocenters. The molecule has 1 unspecified atom stereocenters. The second-order valence-electron chi connectivity index (χ2n) is 1.87. The van der Waals surface area contributed by atoms with Gasteiger partial charge in [-0.3, -0.25) is 0 Å². The molecule has 1 aromatic rings. The molecule has 0 bridgehead atoms. The molecule has 56 valence electrons. The Morgan fingerprint density at radius 3 is 2.90 bits per heavy atom. The van der Waals surface area contributed by atoms with Crippen LogP contribution in [0.4, 0.5) is 4.39 Å². The Labute approximate surface area is 66.3 Å². The summed E-state index contributed by atoms with van der Waals surface area (Å²) in [6.45, 7) is -0.0417. The fraction of sp³-hybridized carbons (Fsp3) is 0.333. The van der Waals surface area contributed by atoms with E-state index >= 15 is 0 Å². The van der Waals surface area contributed by atoms with Crippen molar-refractivity contribution in [1.29, 1.82) is 0 Å². The van der Waals surface area contributed by atoms with Crippen molar-refractivity contribution >= 4 is 15.9 Å². The summed E-state index contributed by atoms with van der Waals surface area (Å²) in [5.74, 6) is 0.273. The molecule has 0 saturated carbocycles. The van der Waals surface area contributed by atoms with Crippen molar-refractivity contribution < 1.29 is 8.81 Å². The van der Waals surface area contributed by atoms with Gasteiger partial charge < -0.3 is 10.2 Å². The maximum absolute atomic E-state index is 12.6. The first kappa shape index (κ1) is 7.75. The topological polar surface area (TPSA) is 39.2 Å². The Balaban J connectivity index is 2.74. The van der Waals surface area contributed by atoms with Crippen LogP contribution in [-0.2, 0) is 0 Å². The molecule has 1 rings (SSSR count). The van der Waals surface area contributed by atoms with E-state index < -0.39 is 6.17 Å². The van der Waals surface area contributed by atoms with Gasteiger partial charge in [0, 0.05) is 6.54 Å². The van der Waals surface area contributed by atoms with Crippen molar-refractivity contribution in [3.8, 4) is 0 Å². The van der Waals surface area contributed by atoms with Crippen LogP contribution in [0.5, 0.6) is 0 Å². The van der Waals surface area contributed by atoms with E-state index in [-0.39, 0.29) is 12.3 Å². The van der Waals surface area contributed by atoms with Crippen LogP contribution < -0.4 is 5.73 Å². The van der Waals surface area contributed by atoms with Gasteiger partial charge in [0.15, 0.2) is 6.17 Å². The molecule has 0 amide bonds. The molecule has 0 fully saturated rings. The van der Waals surface area contributed by atoms with Gasteiger partial charge in [-0.25, -0.2) is 4.39 Å². The first-order valence-corrected chi connectivity index (χ1v) is 3.61. The highest BCUT2D eigenvalue weighted by Gasteiger charge is 2.10. The Morgan fingerprint density at radius 2 is 2.50 bits per heavy atom. The zero-order valence-electron chi connectivity index (χ0n) is 5.18. The van der Waals surface area contributed by atoms with Crippen LogP contribution in [-0.4, -0.2) is 6.54 Å². The number of halogens is 2. The van der Waals surface area contributed by atoms with Crippen molar-refractivity contribution in [3.05, 3.63) is 22.6 Å². The summed E-state index contributed by atoms with van der Waals surface area (Å²) in [5.41, 5.74) is 5.06. The molecule has 2 N–H and O–H groups in total. The maximum atomic E-state index is 12.6. The predicted octanol–water partition coefficient (Wildman–Crippen LogP) is 2.01. The van der Waals surface area contributed by atoms with Crippen molar-refractivity contribution in [2.24, 2.45) is 5.73 Å². The summed E-state index contributed by atoms with van der Waals surface area (Å²) in [6.07, 6.45) is 0.240. The third-order valence-corrected chi connectivity index (χ3v) is 1.52. The average molecular weight is 208 g/mol. The lowest BCUT2D eigenvalue weighted by atomic mass is 10.3. The van der Waals surface area contributed by atoms with E-state index in [1.165, 1.54) is 6.26 Å². The number of furan rings is 1. The SMILES string of the molecule is NCC(F)c1cc(Br)co1. The number of nitrogens with two attached hydrogens (primary N) is 1. The Morgan fingerprint density at radius 1 is 1.80 bits per heavy atom. The van der Waals surface area contributed by atoms with Gasteiger partial charge in [0.1, 0.15) is 12.0 Å². The highest BCUT2D eigenvalue weighted by atomic mass is 79.9. The van der Waals surface area contributed by atoms with Gasteiger partial charge in [0.2, 0.25) is 0 Å². The molecule has 1 heterocycles. The molecule has 0 aliphatic carbocycles. The maximum Gasteiger partial charge on any atom is 0.170 e. The second-order valence-corrected chi connectivity index (χ2v) is 2.79. The molecule has 4 heteroatoms. The summed E-state index contributed by atoms with van der Waals surface area (Å²) in [7, 11) is 0. The molecular formula is C6H7BrFNO. The Kier molecular flexibility index (Phi) is 2.45. The van der Waals surface area contributed by atoms with Crippen LogP contribution in [0, 0.1) is 0 Å². The van der Waals surface area contributed by atoms with E-state index in [2.05, 4.69) is 15.9 Å². The molecule has 1 aromatic heterocycles. The largest absolute Gasteiger partial charge is 0.465 e. The van der Waals surface area contributed by atoms with E-state index in [1.807, 2.05) is 0 Å². The van der Waals surface area contributed by atoms with Crippen molar-refractivity contribution in [1.82, 2.24) is 0 Å². The Hall–Kier alpha value is -0.350. The highest BCUT2D eigenvalue weighted by Crippen LogP contribution is 2.21. The zero-order chi connectivity index (χ0) is 7.56. The predicted molar refractivity (Wildman–Crippen MR) is 39.3 cm³/mol. The summed E-state index contributed by atoms with van der Waals surface area (Å²) in [6, 6.07) is 1.57. The third-order valence-electron chi connectivity index (χ3n) is 1.10. The summed E-state index contributed by atoms with van der Waals surface area (Å²) >= 11 is 3.13. The van der Waals surface area contributed by atoms with Gasteiger partial charge in [0.25, 0.3) is 0 Å². The van der Waals surface area contributed by atoms with E-state index in [1.54, 1.807) is 6.07 Å². The quantitative estimate of drug-likeness (QED) is 0.807. The zero-order valence-corrected chi connectivity index (χ0v) is 6.77. The van der Waals surface area contributed by atoms with Crippen LogP contribution in [0.3, 0.4) is 0 Å². The molecule has 0 aliphatic rings. The molecule has 0 spiro atoms. The minimum Gasteiger partial charge on any atom is -0.465 e. The van der Waals surface area contributed by atoms with Gasteiger partial charge in [-0.05, 0) is 22.0 Å². The first-order chi connectivity index (χ1) is 4.74. The lowest BCUT2D eigenvalue weighted by molar-refractivity contribution is 0.294. The summed E-state index contributed by atoms with van der Waals surface area (Å²) in [5, 5.41) is 0. The molecule has 10 heavy (non-hydrogen) atoms. The van der Waals surface area contributed by atoms with Crippen LogP contribution in [0.15, 0.2) is 21.2 Å². The number of rotatable bonds is 2. The van der Waals surface area contributed by atoms with Gasteiger partial charge in [-0.2, -0.15) is 0 Å². The summed E-state index contributed by atoms with van der Waals surface area (Å²) in [4.78, 5) is 0. The van der Waals surface area contributed by atoms with E-state index in [0.29, 0.717) is 0 Å². The number of alkyl halides is 1. The molecular weight excluding hydrogens is 201 g/mol. The number of hydrogen-bond acceptors (Lipinski definition) is 2. The third kappa shape index (κ3) is 1.58. The van der Waals surface area contributed by atoms with Crippen LogP contribution >= 0.6 is 15.9 Å². The lowest BCUT2D eigenvalue weighted by Gasteiger charge is -1.97. The molecule has 0 aromatic carbocycles. The van der Waals surface area contributed by atoms with Gasteiger partial charge in [-0.15, -0.1) is 0 Å². The van der Waals surface area contributed by atoms with Crippen molar-refractivity contribution in [2.75, 3.05) is 6.54 Å². The summed E-state index contributed by atoms with van der Waals surface area (Å²) < 4.78 is 18.2. The van der Waals surface area contributed by atoms with E-state index in [9.17, 15) is 4.39 Å². The minimum atomic E-state index is -1.19. The lowest BCUT2D eigenvalue weighted by Crippen LogP contribution is -2.06. The van der Waals surface area contributed by atoms with Gasteiger partial charge in [0.05, 0.1) is 4.47 Å². The highest BCUT2D eigenvalue weighted by molar-refractivity contribution is 9.10. The molecule has 0 radical (unpaired) electrons. The minimum absolute atomic E-state index is 0.0417. The number of hydrogen-bond donors (Lipinski definition) is 1. The Bertz CT molecular complexity index is 213. The average Bonchev–Trinajstić information content (AvgIpc) is 2.34. The van der Waals surface area contributed by atoms with Crippen LogP contribution in [0.2, 0.25) is 0 Å². The van der Waals surface area contributed by atoms with Crippen LogP contribution in [0.1, 0.15) is 11.9 Å². The normalized spacial score (nSPS) is 13.5. The monoisotopic (exact) mass is 207 g/mol. The van der Waals surface area contributed by atoms with Crippen LogP contribution in [0.25, 0.3) is 0 Å². The fourth-order valence-electron chi connectivity index (χ4n) is 0.609. The standard InChI is InChI=1S/C6H7BrFNO/c7-4-1-6(10-3-4)5(8)2-9/h1,3,5H,2,9H2. The molecule has 2 nitrogen and oxygen atoms in total. The first-order valence-electron chi connectivity index (χ1n) is 2.82. The molecule has 0 aliphatic heterocycles. The fourth-order valence-corrected chi connectivity index (χ4v) is 0.928. The van der Waals surface area contributed by atoms with Gasteiger partial charge in [-0.1, -0.05) is 0 Å². The van der Waals surface area contributed by atoms with Gasteiger partial charge >= 0.3 is 0 Å². The van der Waals surface area contributed by atoms with Crippen molar-refractivity contribution in [3.63, 3.8) is 0 Å².